The van der Waals surface area contributed by atoms with Crippen LogP contribution < -0.4 is 5.32 Å². The molecule has 0 aliphatic carbocycles. The molecule has 0 radical (unpaired) electrons. The predicted octanol–water partition coefficient (Wildman–Crippen LogP) is 3.78. The van der Waals surface area contributed by atoms with Crippen LogP contribution in [-0.2, 0) is 6.42 Å². The first-order valence-electron chi connectivity index (χ1n) is 5.73. The Morgan fingerprint density at radius 3 is 3.05 bits per heavy atom. The van der Waals surface area contributed by atoms with Crippen molar-refractivity contribution >= 4 is 55.2 Å². The van der Waals surface area contributed by atoms with E-state index in [1.807, 2.05) is 12.1 Å². The molecular formula is C11H9BrN4O2S2. The number of halogens is 1. The smallest absolute Gasteiger partial charge is 0.363 e. The Morgan fingerprint density at radius 1 is 1.50 bits per heavy atom. The van der Waals surface area contributed by atoms with E-state index in [4.69, 9.17) is 0 Å². The van der Waals surface area contributed by atoms with E-state index in [0.29, 0.717) is 17.3 Å². The van der Waals surface area contributed by atoms with E-state index in [0.717, 1.165) is 10.2 Å². The van der Waals surface area contributed by atoms with Crippen molar-refractivity contribution in [3.8, 4) is 0 Å². The highest BCUT2D eigenvalue weighted by Crippen LogP contribution is 2.28. The number of imidazole rings is 1. The van der Waals surface area contributed by atoms with Gasteiger partial charge in [0.15, 0.2) is 0 Å². The minimum atomic E-state index is -0.406. The Hall–Kier alpha value is -1.45. The van der Waals surface area contributed by atoms with Gasteiger partial charge in [0.1, 0.15) is 6.20 Å². The van der Waals surface area contributed by atoms with Crippen molar-refractivity contribution in [2.24, 2.45) is 0 Å². The van der Waals surface area contributed by atoms with Gasteiger partial charge in [0.25, 0.3) is 4.96 Å². The zero-order valence-electron chi connectivity index (χ0n) is 10.1. The first-order valence-corrected chi connectivity index (χ1v) is 8.22. The van der Waals surface area contributed by atoms with E-state index >= 15 is 0 Å². The number of aromatic nitrogens is 2. The molecule has 20 heavy (non-hydrogen) atoms. The quantitative estimate of drug-likeness (QED) is 0.546. The summed E-state index contributed by atoms with van der Waals surface area (Å²) in [4.78, 5) is 16.8. The maximum Gasteiger partial charge on any atom is 0.372 e. The molecule has 0 saturated heterocycles. The summed E-state index contributed by atoms with van der Waals surface area (Å²) in [5, 5.41) is 16.0. The van der Waals surface area contributed by atoms with Crippen LogP contribution in [0.4, 0.5) is 11.6 Å². The highest BCUT2D eigenvalue weighted by molar-refractivity contribution is 9.11. The van der Waals surface area contributed by atoms with Gasteiger partial charge in [-0.25, -0.2) is 0 Å². The van der Waals surface area contributed by atoms with Crippen LogP contribution in [0.3, 0.4) is 0 Å². The summed E-state index contributed by atoms with van der Waals surface area (Å²) >= 11 is 6.45. The van der Waals surface area contributed by atoms with Gasteiger partial charge in [-0.2, -0.15) is 9.38 Å². The third kappa shape index (κ3) is 2.56. The first-order chi connectivity index (χ1) is 9.65. The third-order valence-corrected chi connectivity index (χ3v) is 5.14. The van der Waals surface area contributed by atoms with E-state index in [9.17, 15) is 10.1 Å². The molecule has 9 heteroatoms. The summed E-state index contributed by atoms with van der Waals surface area (Å²) < 4.78 is 2.58. The molecule has 0 aliphatic heterocycles. The molecule has 0 spiro atoms. The second-order valence-corrected chi connectivity index (χ2v) is 7.40. The van der Waals surface area contributed by atoms with Crippen LogP contribution in [0.2, 0.25) is 0 Å². The van der Waals surface area contributed by atoms with Crippen molar-refractivity contribution in [1.29, 1.82) is 0 Å². The van der Waals surface area contributed by atoms with Crippen molar-refractivity contribution in [2.45, 2.75) is 6.42 Å². The summed E-state index contributed by atoms with van der Waals surface area (Å²) in [5.41, 5.74) is 0. The third-order valence-electron chi connectivity index (χ3n) is 2.70. The lowest BCUT2D eigenvalue weighted by atomic mass is 10.3. The molecule has 3 rings (SSSR count). The average Bonchev–Trinajstić information content (AvgIpc) is 3.04. The van der Waals surface area contributed by atoms with E-state index < -0.39 is 4.92 Å². The fourth-order valence-corrected chi connectivity index (χ4v) is 4.05. The highest BCUT2D eigenvalue weighted by atomic mass is 79.9. The van der Waals surface area contributed by atoms with Crippen LogP contribution in [0.5, 0.6) is 0 Å². The van der Waals surface area contributed by atoms with Gasteiger partial charge < -0.3 is 15.4 Å². The number of anilines is 1. The lowest BCUT2D eigenvalue weighted by Crippen LogP contribution is -2.06. The molecule has 0 fully saturated rings. The summed E-state index contributed by atoms with van der Waals surface area (Å²) in [6.07, 6.45) is 2.46. The van der Waals surface area contributed by atoms with Gasteiger partial charge in [-0.15, -0.1) is 11.3 Å². The molecule has 0 aromatic carbocycles. The number of rotatable bonds is 5. The van der Waals surface area contributed by atoms with Crippen molar-refractivity contribution < 1.29 is 4.92 Å². The number of nitro groups is 1. The fraction of sp³-hybridized carbons (Fsp3) is 0.182. The Kier molecular flexibility index (Phi) is 3.72. The summed E-state index contributed by atoms with van der Waals surface area (Å²) in [7, 11) is 0. The number of fused-ring (bicyclic) bond motifs is 1. The van der Waals surface area contributed by atoms with Gasteiger partial charge in [-0.05, 0) is 39.4 Å². The van der Waals surface area contributed by atoms with Crippen LogP contribution in [0.1, 0.15) is 4.88 Å². The van der Waals surface area contributed by atoms with Crippen LogP contribution in [0, 0.1) is 10.1 Å². The minimum Gasteiger partial charge on any atom is -0.363 e. The number of thiophene rings is 1. The molecule has 3 heterocycles. The van der Waals surface area contributed by atoms with Crippen molar-refractivity contribution in [1.82, 2.24) is 9.38 Å². The van der Waals surface area contributed by atoms with Gasteiger partial charge in [-0.1, -0.05) is 11.3 Å². The normalized spacial score (nSPS) is 11.1. The van der Waals surface area contributed by atoms with Gasteiger partial charge in [0, 0.05) is 16.8 Å². The van der Waals surface area contributed by atoms with Crippen LogP contribution in [0.15, 0.2) is 27.5 Å². The summed E-state index contributed by atoms with van der Waals surface area (Å²) in [6.45, 7) is 0.610. The van der Waals surface area contributed by atoms with Crippen molar-refractivity contribution in [3.05, 3.63) is 42.5 Å². The number of hydrogen-bond donors (Lipinski definition) is 1. The Balaban J connectivity index is 1.75. The van der Waals surface area contributed by atoms with Gasteiger partial charge in [0.2, 0.25) is 5.82 Å². The lowest BCUT2D eigenvalue weighted by Gasteiger charge is -2.01. The molecule has 0 amide bonds. The number of nitrogens with zero attached hydrogens (tertiary/aromatic N) is 3. The zero-order valence-corrected chi connectivity index (χ0v) is 13.3. The SMILES string of the molecule is O=[N+]([O-])c1c(NCCc2ccc(Br)s2)nc2sccn12. The lowest BCUT2D eigenvalue weighted by molar-refractivity contribution is -0.389. The molecular weight excluding hydrogens is 364 g/mol. The van der Waals surface area contributed by atoms with Crippen molar-refractivity contribution in [2.75, 3.05) is 11.9 Å². The Morgan fingerprint density at radius 2 is 2.35 bits per heavy atom. The van der Waals surface area contributed by atoms with Crippen molar-refractivity contribution in [3.63, 3.8) is 0 Å². The largest absolute Gasteiger partial charge is 0.372 e. The Bertz CT molecular complexity index is 763. The van der Waals surface area contributed by atoms with E-state index in [1.165, 1.54) is 20.6 Å². The fourth-order valence-electron chi connectivity index (χ4n) is 1.86. The second-order valence-electron chi connectivity index (χ2n) is 3.98. The maximum atomic E-state index is 11.1. The number of hydrogen-bond acceptors (Lipinski definition) is 6. The zero-order chi connectivity index (χ0) is 14.1. The number of nitrogens with one attached hydrogen (secondary N) is 1. The Labute approximate surface area is 130 Å². The molecule has 3 aromatic rings. The monoisotopic (exact) mass is 372 g/mol. The van der Waals surface area contributed by atoms with E-state index in [-0.39, 0.29) is 5.82 Å². The van der Waals surface area contributed by atoms with Crippen LogP contribution in [-0.4, -0.2) is 20.9 Å². The predicted molar refractivity (Wildman–Crippen MR) is 83.9 cm³/mol. The minimum absolute atomic E-state index is 0.00592. The maximum absolute atomic E-state index is 11.1. The highest BCUT2D eigenvalue weighted by Gasteiger charge is 2.23. The molecule has 0 unspecified atom stereocenters. The molecule has 6 nitrogen and oxygen atoms in total. The van der Waals surface area contributed by atoms with Gasteiger partial charge in [0.05, 0.1) is 3.79 Å². The molecule has 0 aliphatic rings. The van der Waals surface area contributed by atoms with Gasteiger partial charge >= 0.3 is 5.82 Å². The second kappa shape index (κ2) is 5.51. The molecule has 3 aromatic heterocycles. The summed E-state index contributed by atoms with van der Waals surface area (Å²) in [6, 6.07) is 4.03. The molecule has 0 saturated carbocycles. The number of thiazole rings is 1. The molecule has 1 N–H and O–H groups in total. The molecule has 0 atom stereocenters. The van der Waals surface area contributed by atoms with E-state index in [2.05, 4.69) is 26.2 Å². The molecule has 104 valence electrons. The average molecular weight is 373 g/mol. The topological polar surface area (TPSA) is 72.5 Å². The van der Waals surface area contributed by atoms with Gasteiger partial charge in [-0.3, -0.25) is 0 Å². The standard InChI is InChI=1S/C11H9BrN4O2S2/c12-8-2-1-7(20-8)3-4-13-9-10(16(17)18)15-5-6-19-11(15)14-9/h1-2,5-6,13H,3-4H2. The van der Waals surface area contributed by atoms with Crippen LogP contribution in [0.25, 0.3) is 4.96 Å². The first kappa shape index (κ1) is 13.5. The van der Waals surface area contributed by atoms with E-state index in [1.54, 1.807) is 22.9 Å². The molecule has 0 bridgehead atoms. The van der Waals surface area contributed by atoms with Crippen LogP contribution >= 0.6 is 38.6 Å². The summed E-state index contributed by atoms with van der Waals surface area (Å²) in [5.74, 6) is 0.325.